The summed E-state index contributed by atoms with van der Waals surface area (Å²) in [6, 6.07) is 6.30. The van der Waals surface area contributed by atoms with Crippen LogP contribution in [0, 0.1) is 5.41 Å². The molecular weight excluding hydrogens is 272 g/mol. The minimum Gasteiger partial charge on any atom is -0.381 e. The zero-order chi connectivity index (χ0) is 14.2. The molecule has 1 aromatic heterocycles. The lowest BCUT2D eigenvalue weighted by Crippen LogP contribution is -2.18. The number of nitrogens with zero attached hydrogens (tertiary/aromatic N) is 3. The number of hydrogen-bond donors (Lipinski definition) is 1. The SMILES string of the molecule is CC1(C)CCC(Nc2cc(Cl)ccc2-n2cncn2)C1. The molecule has 106 valence electrons. The van der Waals surface area contributed by atoms with Gasteiger partial charge in [-0.2, -0.15) is 5.10 Å². The summed E-state index contributed by atoms with van der Waals surface area (Å²) >= 11 is 6.13. The van der Waals surface area contributed by atoms with Crippen LogP contribution in [0.2, 0.25) is 5.02 Å². The summed E-state index contributed by atoms with van der Waals surface area (Å²) in [6.45, 7) is 4.65. The van der Waals surface area contributed by atoms with Crippen LogP contribution in [0.3, 0.4) is 0 Å². The Morgan fingerprint density at radius 1 is 1.40 bits per heavy atom. The van der Waals surface area contributed by atoms with E-state index in [0.29, 0.717) is 11.5 Å². The summed E-state index contributed by atoms with van der Waals surface area (Å²) in [5.41, 5.74) is 2.42. The van der Waals surface area contributed by atoms with E-state index >= 15 is 0 Å². The van der Waals surface area contributed by atoms with Gasteiger partial charge in [0.1, 0.15) is 12.7 Å². The predicted octanol–water partition coefficient (Wildman–Crippen LogP) is 3.91. The van der Waals surface area contributed by atoms with E-state index in [-0.39, 0.29) is 0 Å². The standard InChI is InChI=1S/C15H19ClN4/c1-15(2)6-5-12(8-15)19-13-7-11(16)3-4-14(13)20-10-17-9-18-20/h3-4,7,9-10,12,19H,5-6,8H2,1-2H3. The molecule has 0 saturated heterocycles. The summed E-state index contributed by atoms with van der Waals surface area (Å²) in [6.07, 6.45) is 6.86. The van der Waals surface area contributed by atoms with Crippen molar-refractivity contribution in [2.24, 2.45) is 5.41 Å². The average Bonchev–Trinajstić information content (AvgIpc) is 2.99. The molecule has 0 aliphatic heterocycles. The second-order valence-corrected chi connectivity index (χ2v) is 6.69. The molecule has 0 spiro atoms. The van der Waals surface area contributed by atoms with Gasteiger partial charge in [0.25, 0.3) is 0 Å². The number of nitrogens with one attached hydrogen (secondary N) is 1. The van der Waals surface area contributed by atoms with Crippen LogP contribution in [0.25, 0.3) is 5.69 Å². The highest BCUT2D eigenvalue weighted by Gasteiger charge is 2.31. The maximum atomic E-state index is 6.13. The third-order valence-electron chi connectivity index (χ3n) is 3.95. The first-order valence-corrected chi connectivity index (χ1v) is 7.32. The van der Waals surface area contributed by atoms with Gasteiger partial charge in [-0.1, -0.05) is 25.4 Å². The van der Waals surface area contributed by atoms with Gasteiger partial charge >= 0.3 is 0 Å². The van der Waals surface area contributed by atoms with Crippen molar-refractivity contribution in [2.45, 2.75) is 39.2 Å². The molecule has 4 nitrogen and oxygen atoms in total. The smallest absolute Gasteiger partial charge is 0.138 e. The Labute approximate surface area is 124 Å². The van der Waals surface area contributed by atoms with Crippen molar-refractivity contribution in [3.8, 4) is 5.69 Å². The van der Waals surface area contributed by atoms with Crippen LogP contribution < -0.4 is 5.32 Å². The third kappa shape index (κ3) is 2.80. The van der Waals surface area contributed by atoms with Crippen molar-refractivity contribution in [2.75, 3.05) is 5.32 Å². The molecule has 1 N–H and O–H groups in total. The van der Waals surface area contributed by atoms with E-state index < -0.39 is 0 Å². The fraction of sp³-hybridized carbons (Fsp3) is 0.467. The van der Waals surface area contributed by atoms with Gasteiger partial charge < -0.3 is 5.32 Å². The van der Waals surface area contributed by atoms with Gasteiger partial charge in [-0.05, 0) is 42.9 Å². The Balaban J connectivity index is 1.87. The molecule has 1 unspecified atom stereocenters. The summed E-state index contributed by atoms with van der Waals surface area (Å²) in [5, 5.41) is 8.55. The van der Waals surface area contributed by atoms with Gasteiger partial charge in [0.05, 0.1) is 11.4 Å². The highest BCUT2D eigenvalue weighted by atomic mass is 35.5. The molecule has 1 atom stereocenters. The van der Waals surface area contributed by atoms with E-state index in [1.807, 2.05) is 18.2 Å². The summed E-state index contributed by atoms with van der Waals surface area (Å²) in [4.78, 5) is 4.01. The second kappa shape index (κ2) is 5.09. The topological polar surface area (TPSA) is 42.7 Å². The highest BCUT2D eigenvalue weighted by molar-refractivity contribution is 6.31. The highest BCUT2D eigenvalue weighted by Crippen LogP contribution is 2.39. The molecule has 0 radical (unpaired) electrons. The monoisotopic (exact) mass is 290 g/mol. The van der Waals surface area contributed by atoms with Crippen molar-refractivity contribution >= 4 is 17.3 Å². The molecule has 1 aliphatic rings. The van der Waals surface area contributed by atoms with Gasteiger partial charge in [-0.15, -0.1) is 0 Å². The van der Waals surface area contributed by atoms with Crippen molar-refractivity contribution in [1.82, 2.24) is 14.8 Å². The van der Waals surface area contributed by atoms with Crippen LogP contribution >= 0.6 is 11.6 Å². The number of anilines is 1. The molecule has 1 fully saturated rings. The zero-order valence-electron chi connectivity index (χ0n) is 11.8. The minimum absolute atomic E-state index is 0.420. The van der Waals surface area contributed by atoms with Crippen LogP contribution in [0.1, 0.15) is 33.1 Å². The van der Waals surface area contributed by atoms with Crippen molar-refractivity contribution in [3.63, 3.8) is 0 Å². The largest absolute Gasteiger partial charge is 0.381 e. The van der Waals surface area contributed by atoms with Gasteiger partial charge in [-0.3, -0.25) is 0 Å². The molecule has 1 aliphatic carbocycles. The lowest BCUT2D eigenvalue weighted by atomic mass is 9.92. The van der Waals surface area contributed by atoms with Gasteiger partial charge in [0.15, 0.2) is 0 Å². The number of rotatable bonds is 3. The van der Waals surface area contributed by atoms with Gasteiger partial charge in [0, 0.05) is 11.1 Å². The van der Waals surface area contributed by atoms with E-state index in [0.717, 1.165) is 16.4 Å². The summed E-state index contributed by atoms with van der Waals surface area (Å²) in [7, 11) is 0. The zero-order valence-corrected chi connectivity index (χ0v) is 12.6. The molecule has 1 saturated carbocycles. The normalized spacial score (nSPS) is 21.1. The Bertz CT molecular complexity index is 592. The van der Waals surface area contributed by atoms with Crippen molar-refractivity contribution < 1.29 is 0 Å². The first kappa shape index (κ1) is 13.4. The Morgan fingerprint density at radius 2 is 2.25 bits per heavy atom. The quantitative estimate of drug-likeness (QED) is 0.932. The van der Waals surface area contributed by atoms with Gasteiger partial charge in [0.2, 0.25) is 0 Å². The molecule has 0 bridgehead atoms. The number of hydrogen-bond acceptors (Lipinski definition) is 3. The summed E-state index contributed by atoms with van der Waals surface area (Å²) < 4.78 is 1.76. The minimum atomic E-state index is 0.420. The van der Waals surface area contributed by atoms with Crippen LogP contribution in [0.4, 0.5) is 5.69 Å². The fourth-order valence-electron chi connectivity index (χ4n) is 2.94. The van der Waals surface area contributed by atoms with Crippen LogP contribution in [-0.4, -0.2) is 20.8 Å². The fourth-order valence-corrected chi connectivity index (χ4v) is 3.11. The molecule has 0 amide bonds. The first-order chi connectivity index (χ1) is 9.53. The molecular formula is C15H19ClN4. The predicted molar refractivity (Wildman–Crippen MR) is 81.4 cm³/mol. The molecule has 20 heavy (non-hydrogen) atoms. The maximum Gasteiger partial charge on any atom is 0.138 e. The maximum absolute atomic E-state index is 6.13. The number of aromatic nitrogens is 3. The van der Waals surface area contributed by atoms with Crippen LogP contribution in [0.5, 0.6) is 0 Å². The molecule has 5 heteroatoms. The lowest BCUT2D eigenvalue weighted by molar-refractivity contribution is 0.378. The molecule has 1 heterocycles. The molecule has 2 aromatic rings. The number of halogens is 1. The Hall–Kier alpha value is -1.55. The number of benzene rings is 1. The summed E-state index contributed by atoms with van der Waals surface area (Å²) in [5.74, 6) is 0. The van der Waals surface area contributed by atoms with E-state index in [1.54, 1.807) is 11.0 Å². The van der Waals surface area contributed by atoms with Crippen LogP contribution in [-0.2, 0) is 0 Å². The van der Waals surface area contributed by atoms with Crippen molar-refractivity contribution in [3.05, 3.63) is 35.9 Å². The second-order valence-electron chi connectivity index (χ2n) is 6.25. The van der Waals surface area contributed by atoms with E-state index in [4.69, 9.17) is 11.6 Å². The van der Waals surface area contributed by atoms with E-state index in [2.05, 4.69) is 29.2 Å². The molecule has 1 aromatic carbocycles. The van der Waals surface area contributed by atoms with Gasteiger partial charge in [-0.25, -0.2) is 9.67 Å². The lowest BCUT2D eigenvalue weighted by Gasteiger charge is -2.20. The first-order valence-electron chi connectivity index (χ1n) is 6.95. The Kier molecular flexibility index (Phi) is 3.42. The average molecular weight is 291 g/mol. The third-order valence-corrected chi connectivity index (χ3v) is 4.19. The van der Waals surface area contributed by atoms with Crippen LogP contribution in [0.15, 0.2) is 30.9 Å². The molecule has 3 rings (SSSR count). The van der Waals surface area contributed by atoms with E-state index in [9.17, 15) is 0 Å². The van der Waals surface area contributed by atoms with Crippen molar-refractivity contribution in [1.29, 1.82) is 0 Å². The van der Waals surface area contributed by atoms with E-state index in [1.165, 1.54) is 25.6 Å². The Morgan fingerprint density at radius 3 is 2.90 bits per heavy atom.